The third-order valence-electron chi connectivity index (χ3n) is 3.59. The van der Waals surface area contributed by atoms with E-state index in [0.29, 0.717) is 18.9 Å². The summed E-state index contributed by atoms with van der Waals surface area (Å²) in [6.45, 7) is 3.33. The Labute approximate surface area is 123 Å². The number of para-hydroxylation sites is 1. The van der Waals surface area contributed by atoms with Crippen LogP contribution in [-0.4, -0.2) is 22.2 Å². The Hall–Kier alpha value is -2.30. The van der Waals surface area contributed by atoms with E-state index < -0.39 is 0 Å². The zero-order chi connectivity index (χ0) is 14.7. The number of benzene rings is 1. The molecule has 3 rings (SSSR count). The van der Waals surface area contributed by atoms with Crippen molar-refractivity contribution in [3.8, 4) is 5.75 Å². The van der Waals surface area contributed by atoms with E-state index in [1.807, 2.05) is 25.1 Å². The van der Waals surface area contributed by atoms with Crippen molar-refractivity contribution in [2.24, 2.45) is 0 Å². The molecule has 0 fully saturated rings. The van der Waals surface area contributed by atoms with E-state index in [1.54, 1.807) is 17.0 Å². The highest BCUT2D eigenvalue weighted by molar-refractivity contribution is 5.38. The predicted octanol–water partition coefficient (Wildman–Crippen LogP) is 2.07. The monoisotopic (exact) mass is 285 g/mol. The molecule has 1 unspecified atom stereocenters. The molecule has 0 amide bonds. The lowest BCUT2D eigenvalue weighted by molar-refractivity contribution is 0.246. The SMILES string of the molecule is CCCn1ccnc(NCC2Cc3ccccc3O2)c1=O. The minimum atomic E-state index is -0.0742. The van der Waals surface area contributed by atoms with Crippen LogP contribution in [0.25, 0.3) is 0 Å². The van der Waals surface area contributed by atoms with Crippen LogP contribution in [0.15, 0.2) is 41.5 Å². The van der Waals surface area contributed by atoms with Gasteiger partial charge in [0, 0.05) is 25.4 Å². The maximum absolute atomic E-state index is 12.2. The van der Waals surface area contributed by atoms with Crippen molar-refractivity contribution in [2.75, 3.05) is 11.9 Å². The zero-order valence-electron chi connectivity index (χ0n) is 12.1. The van der Waals surface area contributed by atoms with Crippen molar-refractivity contribution in [1.29, 1.82) is 0 Å². The Bertz CT molecular complexity index is 656. The van der Waals surface area contributed by atoms with Gasteiger partial charge in [0.25, 0.3) is 5.56 Å². The molecule has 5 heteroatoms. The summed E-state index contributed by atoms with van der Waals surface area (Å²) in [5.41, 5.74) is 1.14. The first-order chi connectivity index (χ1) is 10.3. The summed E-state index contributed by atoms with van der Waals surface area (Å²) in [5.74, 6) is 1.33. The number of ether oxygens (including phenoxy) is 1. The molecule has 21 heavy (non-hydrogen) atoms. The number of anilines is 1. The molecule has 0 spiro atoms. The summed E-state index contributed by atoms with van der Waals surface area (Å²) in [7, 11) is 0. The second kappa shape index (κ2) is 5.99. The number of fused-ring (bicyclic) bond motifs is 1. The first kappa shape index (κ1) is 13.7. The molecule has 2 heterocycles. The summed E-state index contributed by atoms with van der Waals surface area (Å²) in [5, 5.41) is 3.12. The van der Waals surface area contributed by atoms with Gasteiger partial charge in [-0.3, -0.25) is 4.79 Å². The molecule has 1 N–H and O–H groups in total. The van der Waals surface area contributed by atoms with Crippen molar-refractivity contribution in [1.82, 2.24) is 9.55 Å². The van der Waals surface area contributed by atoms with Gasteiger partial charge in [0.05, 0.1) is 6.54 Å². The topological polar surface area (TPSA) is 56.1 Å². The minimum absolute atomic E-state index is 0.0448. The molecule has 0 saturated heterocycles. The molecule has 5 nitrogen and oxygen atoms in total. The van der Waals surface area contributed by atoms with E-state index in [0.717, 1.165) is 18.6 Å². The molecular formula is C16H19N3O2. The van der Waals surface area contributed by atoms with Crippen LogP contribution < -0.4 is 15.6 Å². The molecule has 1 aliphatic heterocycles. The largest absolute Gasteiger partial charge is 0.488 e. The highest BCUT2D eigenvalue weighted by Crippen LogP contribution is 2.27. The number of rotatable bonds is 5. The Balaban J connectivity index is 1.64. The van der Waals surface area contributed by atoms with Crippen molar-refractivity contribution in [3.05, 3.63) is 52.6 Å². The molecular weight excluding hydrogens is 266 g/mol. The van der Waals surface area contributed by atoms with Gasteiger partial charge in [0.15, 0.2) is 5.82 Å². The quantitative estimate of drug-likeness (QED) is 0.913. The second-order valence-electron chi connectivity index (χ2n) is 5.21. The highest BCUT2D eigenvalue weighted by Gasteiger charge is 2.22. The highest BCUT2D eigenvalue weighted by atomic mass is 16.5. The van der Waals surface area contributed by atoms with Crippen molar-refractivity contribution >= 4 is 5.82 Å². The minimum Gasteiger partial charge on any atom is -0.488 e. The lowest BCUT2D eigenvalue weighted by atomic mass is 10.1. The maximum Gasteiger partial charge on any atom is 0.293 e. The molecule has 110 valence electrons. The van der Waals surface area contributed by atoms with Gasteiger partial charge < -0.3 is 14.6 Å². The molecule has 0 radical (unpaired) electrons. The first-order valence-corrected chi connectivity index (χ1v) is 7.32. The second-order valence-corrected chi connectivity index (χ2v) is 5.21. The standard InChI is InChI=1S/C16H19N3O2/c1-2-8-19-9-7-17-15(16(19)20)18-11-13-10-12-5-3-4-6-14(12)21-13/h3-7,9,13H,2,8,10-11H2,1H3,(H,17,18). The van der Waals surface area contributed by atoms with Crippen LogP contribution in [0.1, 0.15) is 18.9 Å². The van der Waals surface area contributed by atoms with E-state index in [4.69, 9.17) is 4.74 Å². The van der Waals surface area contributed by atoms with E-state index in [1.165, 1.54) is 5.56 Å². The fourth-order valence-corrected chi connectivity index (χ4v) is 2.56. The zero-order valence-corrected chi connectivity index (χ0v) is 12.1. The molecule has 1 aromatic heterocycles. The molecule has 1 aromatic carbocycles. The van der Waals surface area contributed by atoms with Crippen molar-refractivity contribution < 1.29 is 4.74 Å². The normalized spacial score (nSPS) is 16.3. The number of hydrogen-bond acceptors (Lipinski definition) is 4. The van der Waals surface area contributed by atoms with Crippen LogP contribution in [0, 0.1) is 0 Å². The average molecular weight is 285 g/mol. The number of aromatic nitrogens is 2. The van der Waals surface area contributed by atoms with Gasteiger partial charge >= 0.3 is 0 Å². The predicted molar refractivity (Wildman–Crippen MR) is 81.8 cm³/mol. The molecule has 0 saturated carbocycles. The fourth-order valence-electron chi connectivity index (χ4n) is 2.56. The molecule has 0 aliphatic carbocycles. The Kier molecular flexibility index (Phi) is 3.90. The first-order valence-electron chi connectivity index (χ1n) is 7.32. The van der Waals surface area contributed by atoms with Crippen LogP contribution >= 0.6 is 0 Å². The van der Waals surface area contributed by atoms with Crippen LogP contribution in [0.5, 0.6) is 5.75 Å². The Morgan fingerprint density at radius 3 is 3.10 bits per heavy atom. The van der Waals surface area contributed by atoms with Crippen LogP contribution in [0.4, 0.5) is 5.82 Å². The molecule has 0 bridgehead atoms. The summed E-state index contributed by atoms with van der Waals surface area (Å²) in [6.07, 6.45) is 5.20. The third kappa shape index (κ3) is 2.91. The maximum atomic E-state index is 12.2. The summed E-state index contributed by atoms with van der Waals surface area (Å²) in [4.78, 5) is 16.3. The van der Waals surface area contributed by atoms with Crippen LogP contribution in [0.2, 0.25) is 0 Å². The van der Waals surface area contributed by atoms with Gasteiger partial charge in [-0.25, -0.2) is 4.98 Å². The average Bonchev–Trinajstić information content (AvgIpc) is 2.91. The third-order valence-corrected chi connectivity index (χ3v) is 3.59. The smallest absolute Gasteiger partial charge is 0.293 e. The van der Waals surface area contributed by atoms with Gasteiger partial charge in [-0.2, -0.15) is 0 Å². The lowest BCUT2D eigenvalue weighted by Gasteiger charge is -2.12. The van der Waals surface area contributed by atoms with Gasteiger partial charge in [0.2, 0.25) is 0 Å². The number of nitrogens with zero attached hydrogens (tertiary/aromatic N) is 2. The number of hydrogen-bond donors (Lipinski definition) is 1. The summed E-state index contributed by atoms with van der Waals surface area (Å²) in [6, 6.07) is 8.03. The summed E-state index contributed by atoms with van der Waals surface area (Å²) < 4.78 is 7.53. The van der Waals surface area contributed by atoms with Gasteiger partial charge in [-0.1, -0.05) is 25.1 Å². The fraction of sp³-hybridized carbons (Fsp3) is 0.375. The van der Waals surface area contributed by atoms with E-state index >= 15 is 0 Å². The van der Waals surface area contributed by atoms with Crippen molar-refractivity contribution in [3.63, 3.8) is 0 Å². The number of aryl methyl sites for hydroxylation is 1. The molecule has 2 aromatic rings. The molecule has 1 atom stereocenters. The van der Waals surface area contributed by atoms with E-state index in [9.17, 15) is 4.79 Å². The van der Waals surface area contributed by atoms with E-state index in [2.05, 4.69) is 16.4 Å². The molecule has 1 aliphatic rings. The van der Waals surface area contributed by atoms with Gasteiger partial charge in [-0.05, 0) is 18.1 Å². The van der Waals surface area contributed by atoms with Crippen LogP contribution in [0.3, 0.4) is 0 Å². The number of nitrogens with one attached hydrogen (secondary N) is 1. The van der Waals surface area contributed by atoms with Crippen molar-refractivity contribution in [2.45, 2.75) is 32.4 Å². The van der Waals surface area contributed by atoms with Gasteiger partial charge in [0.1, 0.15) is 11.9 Å². The lowest BCUT2D eigenvalue weighted by Crippen LogP contribution is -2.29. The Morgan fingerprint density at radius 1 is 1.43 bits per heavy atom. The summed E-state index contributed by atoms with van der Waals surface area (Å²) >= 11 is 0. The van der Waals surface area contributed by atoms with Crippen LogP contribution in [-0.2, 0) is 13.0 Å². The Morgan fingerprint density at radius 2 is 2.29 bits per heavy atom. The van der Waals surface area contributed by atoms with E-state index in [-0.39, 0.29) is 11.7 Å². The van der Waals surface area contributed by atoms with Gasteiger partial charge in [-0.15, -0.1) is 0 Å².